The van der Waals surface area contributed by atoms with Gasteiger partial charge in [0.25, 0.3) is 0 Å². The summed E-state index contributed by atoms with van der Waals surface area (Å²) in [4.78, 5) is 0. The van der Waals surface area contributed by atoms with E-state index in [4.69, 9.17) is 0 Å². The molecule has 0 spiro atoms. The molecule has 0 aliphatic carbocycles. The molecule has 0 heterocycles. The van der Waals surface area contributed by atoms with Gasteiger partial charge >= 0.3 is 0 Å². The largest absolute Gasteiger partial charge is 0.385 e. The summed E-state index contributed by atoms with van der Waals surface area (Å²) in [6.07, 6.45) is 10.7. The molecule has 2 unspecified atom stereocenters. The minimum Gasteiger partial charge on any atom is -0.385 e. The Hall–Kier alpha value is -1.52. The average Bonchev–Trinajstić information content (AvgIpc) is 2.55. The lowest BCUT2D eigenvalue weighted by Gasteiger charge is -2.27. The standard InChI is InChI=1S/C23H34O/c1-5-6-7-8-9-13-16-22(19-20(2)3)23(4,24)18-17-21-14-11-10-12-15-21/h10-12,14-15,17-18,20,22,24H,5-9,19H2,1-4H3/b18-17+. The van der Waals surface area contributed by atoms with E-state index in [0.717, 1.165) is 24.8 Å². The fourth-order valence-corrected chi connectivity index (χ4v) is 2.70. The topological polar surface area (TPSA) is 20.2 Å². The second kappa shape index (κ2) is 11.1. The van der Waals surface area contributed by atoms with E-state index in [1.165, 1.54) is 19.3 Å². The minimum atomic E-state index is -0.906. The predicted octanol–water partition coefficient (Wildman–Crippen LogP) is 6.09. The van der Waals surface area contributed by atoms with Crippen LogP contribution in [0, 0.1) is 23.7 Å². The molecule has 1 aromatic carbocycles. The third-order valence-corrected chi connectivity index (χ3v) is 4.26. The van der Waals surface area contributed by atoms with Crippen LogP contribution in [0.4, 0.5) is 0 Å². The van der Waals surface area contributed by atoms with Crippen LogP contribution in [0.2, 0.25) is 0 Å². The van der Waals surface area contributed by atoms with Gasteiger partial charge in [0.1, 0.15) is 0 Å². The first-order valence-corrected chi connectivity index (χ1v) is 9.40. The van der Waals surface area contributed by atoms with E-state index >= 15 is 0 Å². The van der Waals surface area contributed by atoms with Gasteiger partial charge < -0.3 is 5.11 Å². The summed E-state index contributed by atoms with van der Waals surface area (Å²) in [5, 5.41) is 10.9. The van der Waals surface area contributed by atoms with Gasteiger partial charge in [-0.25, -0.2) is 0 Å². The molecule has 1 aromatic rings. The maximum absolute atomic E-state index is 10.9. The van der Waals surface area contributed by atoms with Crippen molar-refractivity contribution in [2.75, 3.05) is 0 Å². The van der Waals surface area contributed by atoms with Gasteiger partial charge in [-0.1, -0.05) is 88.4 Å². The molecule has 0 aliphatic heterocycles. The molecule has 0 saturated carbocycles. The fraction of sp³-hybridized carbons (Fsp3) is 0.565. The molecule has 1 rings (SSSR count). The summed E-state index contributed by atoms with van der Waals surface area (Å²) in [5.41, 5.74) is 0.199. The smallest absolute Gasteiger partial charge is 0.0939 e. The second-order valence-electron chi connectivity index (χ2n) is 7.28. The van der Waals surface area contributed by atoms with E-state index in [2.05, 4.69) is 32.6 Å². The summed E-state index contributed by atoms with van der Waals surface area (Å²) < 4.78 is 0. The Bertz CT molecular complexity index is 528. The first-order valence-electron chi connectivity index (χ1n) is 9.40. The summed E-state index contributed by atoms with van der Waals surface area (Å²) in [6.45, 7) is 8.48. The molecular weight excluding hydrogens is 292 g/mol. The molecule has 2 atom stereocenters. The number of hydrogen-bond acceptors (Lipinski definition) is 1. The third kappa shape index (κ3) is 8.37. The zero-order valence-corrected chi connectivity index (χ0v) is 15.9. The maximum Gasteiger partial charge on any atom is 0.0939 e. The molecule has 1 N–H and O–H groups in total. The van der Waals surface area contributed by atoms with E-state index in [1.807, 2.05) is 49.4 Å². The van der Waals surface area contributed by atoms with Crippen molar-refractivity contribution >= 4 is 6.08 Å². The van der Waals surface area contributed by atoms with Gasteiger partial charge in [-0.2, -0.15) is 0 Å². The van der Waals surface area contributed by atoms with Gasteiger partial charge in [0, 0.05) is 6.42 Å². The number of hydrogen-bond donors (Lipinski definition) is 1. The van der Waals surface area contributed by atoms with E-state index in [0.29, 0.717) is 5.92 Å². The summed E-state index contributed by atoms with van der Waals surface area (Å²) in [5.74, 6) is 7.15. The monoisotopic (exact) mass is 326 g/mol. The zero-order chi connectivity index (χ0) is 17.8. The highest BCUT2D eigenvalue weighted by atomic mass is 16.3. The van der Waals surface area contributed by atoms with Crippen molar-refractivity contribution in [2.24, 2.45) is 11.8 Å². The molecule has 1 nitrogen and oxygen atoms in total. The number of rotatable bonds is 9. The molecule has 0 aliphatic rings. The van der Waals surface area contributed by atoms with E-state index in [-0.39, 0.29) is 5.92 Å². The van der Waals surface area contributed by atoms with Crippen LogP contribution in [-0.2, 0) is 0 Å². The molecule has 0 amide bonds. The normalized spacial score (nSPS) is 15.1. The lowest BCUT2D eigenvalue weighted by atomic mass is 9.82. The van der Waals surface area contributed by atoms with Crippen LogP contribution >= 0.6 is 0 Å². The van der Waals surface area contributed by atoms with Crippen LogP contribution < -0.4 is 0 Å². The molecule has 132 valence electrons. The molecular formula is C23H34O. The first-order chi connectivity index (χ1) is 11.5. The van der Waals surface area contributed by atoms with Crippen LogP contribution in [0.1, 0.15) is 71.8 Å². The van der Waals surface area contributed by atoms with Gasteiger partial charge in [-0.3, -0.25) is 0 Å². The number of benzene rings is 1. The fourth-order valence-electron chi connectivity index (χ4n) is 2.70. The minimum absolute atomic E-state index is 0.0244. The second-order valence-corrected chi connectivity index (χ2v) is 7.28. The van der Waals surface area contributed by atoms with Crippen LogP contribution in [-0.4, -0.2) is 10.7 Å². The van der Waals surface area contributed by atoms with Gasteiger partial charge in [-0.05, 0) is 31.2 Å². The van der Waals surface area contributed by atoms with Crippen molar-refractivity contribution in [1.29, 1.82) is 0 Å². The Kier molecular flexibility index (Phi) is 9.50. The lowest BCUT2D eigenvalue weighted by Crippen LogP contribution is -2.32. The summed E-state index contributed by atoms with van der Waals surface area (Å²) >= 11 is 0. The molecule has 0 radical (unpaired) electrons. The third-order valence-electron chi connectivity index (χ3n) is 4.26. The molecule has 24 heavy (non-hydrogen) atoms. The van der Waals surface area contributed by atoms with Crippen molar-refractivity contribution in [3.8, 4) is 11.8 Å². The van der Waals surface area contributed by atoms with Gasteiger partial charge in [-0.15, -0.1) is 5.92 Å². The van der Waals surface area contributed by atoms with Crippen LogP contribution in [0.15, 0.2) is 36.4 Å². The van der Waals surface area contributed by atoms with Crippen molar-refractivity contribution in [3.63, 3.8) is 0 Å². The molecule has 0 bridgehead atoms. The highest BCUT2D eigenvalue weighted by molar-refractivity contribution is 5.50. The lowest BCUT2D eigenvalue weighted by molar-refractivity contribution is 0.0628. The highest BCUT2D eigenvalue weighted by Gasteiger charge is 2.28. The number of aliphatic hydroxyl groups is 1. The quantitative estimate of drug-likeness (QED) is 0.430. The van der Waals surface area contributed by atoms with Crippen LogP contribution in [0.25, 0.3) is 6.08 Å². The van der Waals surface area contributed by atoms with E-state index in [1.54, 1.807) is 0 Å². The van der Waals surface area contributed by atoms with Crippen molar-refractivity contribution < 1.29 is 5.11 Å². The Morgan fingerprint density at radius 2 is 1.83 bits per heavy atom. The molecule has 1 heteroatoms. The van der Waals surface area contributed by atoms with Gasteiger partial charge in [0.05, 0.1) is 11.5 Å². The van der Waals surface area contributed by atoms with Crippen molar-refractivity contribution in [1.82, 2.24) is 0 Å². The molecule has 0 saturated heterocycles. The summed E-state index contributed by atoms with van der Waals surface area (Å²) in [6, 6.07) is 10.1. The Balaban J connectivity index is 2.73. The number of unbranched alkanes of at least 4 members (excludes halogenated alkanes) is 4. The Morgan fingerprint density at radius 1 is 1.12 bits per heavy atom. The van der Waals surface area contributed by atoms with E-state index < -0.39 is 5.60 Å². The van der Waals surface area contributed by atoms with E-state index in [9.17, 15) is 5.11 Å². The van der Waals surface area contributed by atoms with Gasteiger partial charge in [0.15, 0.2) is 0 Å². The van der Waals surface area contributed by atoms with Crippen LogP contribution in [0.5, 0.6) is 0 Å². The van der Waals surface area contributed by atoms with Crippen LogP contribution in [0.3, 0.4) is 0 Å². The van der Waals surface area contributed by atoms with Crippen molar-refractivity contribution in [2.45, 2.75) is 71.8 Å². The Labute approximate surface area is 149 Å². The first kappa shape index (κ1) is 20.5. The maximum atomic E-state index is 10.9. The Morgan fingerprint density at radius 3 is 2.46 bits per heavy atom. The predicted molar refractivity (Wildman–Crippen MR) is 106 cm³/mol. The summed E-state index contributed by atoms with van der Waals surface area (Å²) in [7, 11) is 0. The highest BCUT2D eigenvalue weighted by Crippen LogP contribution is 2.26. The van der Waals surface area contributed by atoms with Crippen molar-refractivity contribution in [3.05, 3.63) is 42.0 Å². The average molecular weight is 327 g/mol. The molecule has 0 fully saturated rings. The van der Waals surface area contributed by atoms with Gasteiger partial charge in [0.2, 0.25) is 0 Å². The zero-order valence-electron chi connectivity index (χ0n) is 15.9. The molecule has 0 aromatic heterocycles. The SMILES string of the molecule is CCCCCCC#CC(CC(C)C)C(C)(O)/C=C/c1ccccc1.